The van der Waals surface area contributed by atoms with Crippen LogP contribution < -0.4 is 5.32 Å². The smallest absolute Gasteiger partial charge is 0.325 e. The van der Waals surface area contributed by atoms with Gasteiger partial charge in [-0.1, -0.05) is 31.5 Å². The third kappa shape index (κ3) is 4.48. The van der Waals surface area contributed by atoms with Gasteiger partial charge in [-0.25, -0.2) is 9.18 Å². The van der Waals surface area contributed by atoms with E-state index in [-0.39, 0.29) is 29.6 Å². The molecule has 1 aliphatic rings. The molecule has 25 heavy (non-hydrogen) atoms. The van der Waals surface area contributed by atoms with Crippen LogP contribution in [0.4, 0.5) is 9.18 Å². The van der Waals surface area contributed by atoms with Crippen LogP contribution in [0.15, 0.2) is 18.2 Å². The Bertz CT molecular complexity index is 675. The first-order chi connectivity index (χ1) is 11.7. The van der Waals surface area contributed by atoms with Crippen LogP contribution in [-0.4, -0.2) is 47.3 Å². The maximum absolute atomic E-state index is 13.8. The topological polar surface area (TPSA) is 69.7 Å². The lowest BCUT2D eigenvalue weighted by molar-refractivity contribution is -0.137. The Labute approximate surface area is 150 Å². The van der Waals surface area contributed by atoms with Gasteiger partial charge in [-0.15, -0.1) is 0 Å². The highest BCUT2D eigenvalue weighted by atomic mass is 35.5. The average molecular weight is 370 g/mol. The Balaban J connectivity index is 2.01. The molecular weight excluding hydrogens is 349 g/mol. The van der Waals surface area contributed by atoms with Crippen molar-refractivity contribution in [2.75, 3.05) is 13.6 Å². The summed E-state index contributed by atoms with van der Waals surface area (Å²) in [6, 6.07) is 3.08. The molecule has 136 valence electrons. The lowest BCUT2D eigenvalue weighted by Crippen LogP contribution is -2.41. The van der Waals surface area contributed by atoms with Crippen molar-refractivity contribution < 1.29 is 18.8 Å². The molecule has 1 fully saturated rings. The van der Waals surface area contributed by atoms with E-state index >= 15 is 0 Å². The number of urea groups is 1. The number of rotatable bonds is 6. The first-order valence-corrected chi connectivity index (χ1v) is 8.37. The van der Waals surface area contributed by atoms with Crippen molar-refractivity contribution in [3.63, 3.8) is 0 Å². The molecule has 1 aliphatic heterocycles. The summed E-state index contributed by atoms with van der Waals surface area (Å²) in [5, 5.41) is 2.80. The predicted octanol–water partition coefficient (Wildman–Crippen LogP) is 2.40. The van der Waals surface area contributed by atoms with E-state index in [1.807, 2.05) is 13.8 Å². The van der Waals surface area contributed by atoms with Crippen LogP contribution in [0.25, 0.3) is 0 Å². The number of benzene rings is 1. The molecule has 0 unspecified atom stereocenters. The number of carbonyl (C=O) groups excluding carboxylic acids is 3. The summed E-state index contributed by atoms with van der Waals surface area (Å²) in [4.78, 5) is 38.7. The Morgan fingerprint density at radius 3 is 2.68 bits per heavy atom. The molecule has 0 aromatic heterocycles. The maximum atomic E-state index is 13.8. The van der Waals surface area contributed by atoms with Crippen LogP contribution >= 0.6 is 11.6 Å². The van der Waals surface area contributed by atoms with E-state index in [9.17, 15) is 18.8 Å². The van der Waals surface area contributed by atoms with Gasteiger partial charge < -0.3 is 10.2 Å². The van der Waals surface area contributed by atoms with Gasteiger partial charge in [0.25, 0.3) is 5.91 Å². The van der Waals surface area contributed by atoms with Gasteiger partial charge in [-0.3, -0.25) is 14.5 Å². The van der Waals surface area contributed by atoms with Crippen molar-refractivity contribution in [1.82, 2.24) is 15.1 Å². The second-order valence-electron chi connectivity index (χ2n) is 6.51. The van der Waals surface area contributed by atoms with Crippen LogP contribution in [0.3, 0.4) is 0 Å². The van der Waals surface area contributed by atoms with E-state index in [1.165, 1.54) is 30.1 Å². The molecule has 1 atom stereocenters. The Hall–Kier alpha value is -2.15. The summed E-state index contributed by atoms with van der Waals surface area (Å²) in [6.45, 7) is 3.45. The minimum atomic E-state index is -0.605. The second-order valence-corrected chi connectivity index (χ2v) is 6.91. The van der Waals surface area contributed by atoms with Gasteiger partial charge in [-0.2, -0.15) is 0 Å². The molecule has 0 radical (unpaired) electrons. The van der Waals surface area contributed by atoms with E-state index in [2.05, 4.69) is 5.32 Å². The fourth-order valence-corrected chi connectivity index (χ4v) is 2.85. The molecule has 1 saturated heterocycles. The number of amides is 4. The van der Waals surface area contributed by atoms with E-state index in [0.717, 1.165) is 4.90 Å². The number of nitrogens with one attached hydrogen (secondary N) is 1. The molecule has 2 rings (SSSR count). The summed E-state index contributed by atoms with van der Waals surface area (Å²) in [5.74, 6) is -1.17. The molecule has 1 N–H and O–H groups in total. The van der Waals surface area contributed by atoms with Crippen molar-refractivity contribution in [3.05, 3.63) is 34.6 Å². The molecule has 6 nitrogen and oxygen atoms in total. The fourth-order valence-electron chi connectivity index (χ4n) is 2.62. The summed E-state index contributed by atoms with van der Waals surface area (Å²) >= 11 is 5.96. The van der Waals surface area contributed by atoms with Gasteiger partial charge >= 0.3 is 6.03 Å². The quantitative estimate of drug-likeness (QED) is 0.783. The molecular formula is C17H21ClFN3O3. The standard InChI is InChI=1S/C17H21ClFN3O3/c1-10(2)7-14-16(24)22(17(25)20-14)9-15(23)21(3)8-11-12(18)5-4-6-13(11)19/h4-6,10,14H,7-9H2,1-3H3,(H,20,25)/t14-/m1/s1. The molecule has 8 heteroatoms. The zero-order valence-electron chi connectivity index (χ0n) is 14.4. The second kappa shape index (κ2) is 7.82. The number of imide groups is 1. The molecule has 0 spiro atoms. The van der Waals surface area contributed by atoms with Crippen LogP contribution in [-0.2, 0) is 16.1 Å². The Morgan fingerprint density at radius 1 is 1.40 bits per heavy atom. The first-order valence-electron chi connectivity index (χ1n) is 7.99. The van der Waals surface area contributed by atoms with Crippen LogP contribution in [0.2, 0.25) is 5.02 Å². The van der Waals surface area contributed by atoms with Crippen molar-refractivity contribution in [2.24, 2.45) is 5.92 Å². The summed E-state index contributed by atoms with van der Waals surface area (Å²) in [6.07, 6.45) is 0.510. The van der Waals surface area contributed by atoms with Crippen LogP contribution in [0.1, 0.15) is 25.8 Å². The summed E-state index contributed by atoms with van der Waals surface area (Å²) < 4.78 is 13.8. The molecule has 0 aliphatic carbocycles. The SMILES string of the molecule is CC(C)C[C@H]1NC(=O)N(CC(=O)N(C)Cc2c(F)cccc2Cl)C1=O. The Morgan fingerprint density at radius 2 is 2.08 bits per heavy atom. The first kappa shape index (κ1) is 19.2. The average Bonchev–Trinajstić information content (AvgIpc) is 2.77. The van der Waals surface area contributed by atoms with Crippen LogP contribution in [0.5, 0.6) is 0 Å². The monoisotopic (exact) mass is 369 g/mol. The van der Waals surface area contributed by atoms with Gasteiger partial charge in [0.1, 0.15) is 18.4 Å². The van der Waals surface area contributed by atoms with Gasteiger partial charge in [0.05, 0.1) is 0 Å². The van der Waals surface area contributed by atoms with E-state index in [4.69, 9.17) is 11.6 Å². The van der Waals surface area contributed by atoms with Crippen molar-refractivity contribution >= 4 is 29.4 Å². The van der Waals surface area contributed by atoms with Crippen LogP contribution in [0, 0.1) is 11.7 Å². The third-order valence-electron chi connectivity index (χ3n) is 3.99. The van der Waals surface area contributed by atoms with E-state index < -0.39 is 29.7 Å². The highest BCUT2D eigenvalue weighted by Gasteiger charge is 2.39. The maximum Gasteiger partial charge on any atom is 0.325 e. The van der Waals surface area contributed by atoms with Gasteiger partial charge in [0, 0.05) is 24.2 Å². The Kier molecular flexibility index (Phi) is 6.00. The highest BCUT2D eigenvalue weighted by Crippen LogP contribution is 2.21. The lowest BCUT2D eigenvalue weighted by atomic mass is 10.0. The number of hydrogen-bond donors (Lipinski definition) is 1. The molecule has 0 bridgehead atoms. The number of carbonyl (C=O) groups is 3. The molecule has 1 aromatic carbocycles. The number of likely N-dealkylation sites (N-methyl/N-ethyl adjacent to an activating group) is 1. The normalized spacial score (nSPS) is 17.2. The molecule has 0 saturated carbocycles. The van der Waals surface area contributed by atoms with Crippen molar-refractivity contribution in [2.45, 2.75) is 32.9 Å². The largest absolute Gasteiger partial charge is 0.340 e. The lowest BCUT2D eigenvalue weighted by Gasteiger charge is -2.21. The highest BCUT2D eigenvalue weighted by molar-refractivity contribution is 6.31. The zero-order valence-corrected chi connectivity index (χ0v) is 15.1. The summed E-state index contributed by atoms with van der Waals surface area (Å²) in [5.41, 5.74) is 0.190. The van der Waals surface area contributed by atoms with Gasteiger partial charge in [0.15, 0.2) is 0 Å². The molecule has 4 amide bonds. The van der Waals surface area contributed by atoms with Crippen molar-refractivity contribution in [3.8, 4) is 0 Å². The van der Waals surface area contributed by atoms with Gasteiger partial charge in [0.2, 0.25) is 5.91 Å². The molecule has 1 heterocycles. The third-order valence-corrected chi connectivity index (χ3v) is 4.34. The minimum Gasteiger partial charge on any atom is -0.340 e. The number of halogens is 2. The fraction of sp³-hybridized carbons (Fsp3) is 0.471. The zero-order chi connectivity index (χ0) is 18.7. The molecule has 1 aromatic rings. The minimum absolute atomic E-state index is 0.0522. The van der Waals surface area contributed by atoms with E-state index in [1.54, 1.807) is 0 Å². The number of hydrogen-bond acceptors (Lipinski definition) is 3. The van der Waals surface area contributed by atoms with Crippen molar-refractivity contribution in [1.29, 1.82) is 0 Å². The van der Waals surface area contributed by atoms with Gasteiger partial charge in [-0.05, 0) is 24.5 Å². The number of nitrogens with zero attached hydrogens (tertiary/aromatic N) is 2. The summed E-state index contributed by atoms with van der Waals surface area (Å²) in [7, 11) is 1.47. The predicted molar refractivity (Wildman–Crippen MR) is 91.4 cm³/mol. The van der Waals surface area contributed by atoms with E-state index in [0.29, 0.717) is 6.42 Å².